The first kappa shape index (κ1) is 19.8. The van der Waals surface area contributed by atoms with Gasteiger partial charge < -0.3 is 20.5 Å². The van der Waals surface area contributed by atoms with Crippen molar-refractivity contribution in [3.63, 3.8) is 0 Å². The number of hydrogen-bond acceptors (Lipinski definition) is 3. The molecule has 3 N–H and O–H groups in total. The number of amides is 1. The molecule has 0 aliphatic heterocycles. The van der Waals surface area contributed by atoms with Crippen molar-refractivity contribution in [1.29, 1.82) is 0 Å². The number of quaternary nitrogens is 1. The van der Waals surface area contributed by atoms with Crippen molar-refractivity contribution in [2.24, 2.45) is 0 Å². The summed E-state index contributed by atoms with van der Waals surface area (Å²) in [6, 6.07) is 23.7. The number of carbonyl (C=O) groups is 2. The lowest BCUT2D eigenvalue weighted by Gasteiger charge is -2.21. The molecule has 3 aromatic carbocycles. The molecule has 0 spiro atoms. The molecule has 1 amide bonds. The van der Waals surface area contributed by atoms with Crippen molar-refractivity contribution >= 4 is 33.5 Å². The van der Waals surface area contributed by atoms with Gasteiger partial charge in [0.2, 0.25) is 0 Å². The van der Waals surface area contributed by atoms with Gasteiger partial charge in [0.15, 0.2) is 0 Å². The van der Waals surface area contributed by atoms with E-state index in [4.69, 9.17) is 0 Å². The Bertz CT molecular complexity index is 962. The highest BCUT2D eigenvalue weighted by Gasteiger charge is 2.22. The summed E-state index contributed by atoms with van der Waals surface area (Å²) in [6.07, 6.45) is 0. The van der Waals surface area contributed by atoms with E-state index in [1.807, 2.05) is 54.6 Å². The third-order valence-corrected chi connectivity index (χ3v) is 4.81. The largest absolute Gasteiger partial charge is 0.544 e. The molecular weight excluding hydrogens is 420 g/mol. The summed E-state index contributed by atoms with van der Waals surface area (Å²) in [5.74, 6) is -1.37. The van der Waals surface area contributed by atoms with Gasteiger partial charge in [0.25, 0.3) is 5.91 Å². The van der Waals surface area contributed by atoms with E-state index in [2.05, 4.69) is 21.2 Å². The van der Waals surface area contributed by atoms with E-state index >= 15 is 0 Å². The van der Waals surface area contributed by atoms with E-state index in [-0.39, 0.29) is 18.5 Å². The van der Waals surface area contributed by atoms with Crippen molar-refractivity contribution in [3.8, 4) is 0 Å². The van der Waals surface area contributed by atoms with Gasteiger partial charge in [0.1, 0.15) is 12.6 Å². The minimum absolute atomic E-state index is 0.196. The third-order valence-electron chi connectivity index (χ3n) is 4.31. The number of rotatable bonds is 7. The standard InChI is InChI=1S/C22H19BrN2O3/c23-17-11-12-19(25-22(28)16-9-5-2-6-10-16)18(13-17)21(24-14-20(26)27)15-7-3-1-4-8-15/h1-13,21,24H,14H2,(H,25,28)(H,26,27)/t21-/m0/s1. The van der Waals surface area contributed by atoms with Gasteiger partial charge in [0.05, 0.1) is 11.7 Å². The molecule has 28 heavy (non-hydrogen) atoms. The normalized spacial score (nSPS) is 11.6. The molecule has 0 aliphatic carbocycles. The Morgan fingerprint density at radius 2 is 1.61 bits per heavy atom. The number of carbonyl (C=O) groups excluding carboxylic acids is 2. The number of aliphatic carboxylic acids is 1. The number of carboxylic acids is 1. The van der Waals surface area contributed by atoms with Crippen LogP contribution in [-0.2, 0) is 4.79 Å². The molecule has 3 rings (SSSR count). The second-order valence-corrected chi connectivity index (χ2v) is 7.17. The van der Waals surface area contributed by atoms with Gasteiger partial charge in [-0.2, -0.15) is 0 Å². The zero-order chi connectivity index (χ0) is 19.9. The quantitative estimate of drug-likeness (QED) is 0.592. The molecule has 0 heterocycles. The molecule has 1 atom stereocenters. The average Bonchev–Trinajstić information content (AvgIpc) is 2.71. The van der Waals surface area contributed by atoms with Gasteiger partial charge in [-0.1, -0.05) is 64.5 Å². The van der Waals surface area contributed by atoms with Gasteiger partial charge in [0, 0.05) is 21.2 Å². The van der Waals surface area contributed by atoms with E-state index in [9.17, 15) is 14.7 Å². The molecule has 0 saturated heterocycles. The SMILES string of the molecule is O=C([O-])C[NH2+][C@@H](c1ccccc1)c1cc(Br)ccc1NC(=O)c1ccccc1. The lowest BCUT2D eigenvalue weighted by atomic mass is 9.96. The van der Waals surface area contributed by atoms with Crippen LogP contribution in [0.15, 0.2) is 83.3 Å². The average molecular weight is 439 g/mol. The Kier molecular flexibility index (Phi) is 6.57. The smallest absolute Gasteiger partial charge is 0.255 e. The first-order valence-electron chi connectivity index (χ1n) is 8.78. The van der Waals surface area contributed by atoms with E-state index < -0.39 is 5.97 Å². The summed E-state index contributed by atoms with van der Waals surface area (Å²) in [5, 5.41) is 15.7. The van der Waals surface area contributed by atoms with Crippen LogP contribution in [0.4, 0.5) is 5.69 Å². The van der Waals surface area contributed by atoms with Gasteiger partial charge in [-0.25, -0.2) is 0 Å². The molecule has 142 valence electrons. The molecule has 0 radical (unpaired) electrons. The summed E-state index contributed by atoms with van der Waals surface area (Å²) in [4.78, 5) is 23.7. The maximum Gasteiger partial charge on any atom is 0.255 e. The highest BCUT2D eigenvalue weighted by molar-refractivity contribution is 9.10. The van der Waals surface area contributed by atoms with Crippen molar-refractivity contribution < 1.29 is 20.0 Å². The Labute approximate surface area is 171 Å². The Hall–Kier alpha value is -2.96. The Morgan fingerprint density at radius 3 is 2.25 bits per heavy atom. The zero-order valence-electron chi connectivity index (χ0n) is 15.0. The number of halogens is 1. The Balaban J connectivity index is 1.98. The summed E-state index contributed by atoms with van der Waals surface area (Å²) < 4.78 is 0.836. The van der Waals surface area contributed by atoms with Crippen molar-refractivity contribution in [3.05, 3.63) is 100 Å². The van der Waals surface area contributed by atoms with Crippen molar-refractivity contribution in [2.75, 3.05) is 11.9 Å². The fourth-order valence-corrected chi connectivity index (χ4v) is 3.38. The van der Waals surface area contributed by atoms with Crippen LogP contribution >= 0.6 is 15.9 Å². The number of carboxylic acid groups (broad SMARTS) is 1. The lowest BCUT2D eigenvalue weighted by molar-refractivity contribution is -0.682. The van der Waals surface area contributed by atoms with Crippen LogP contribution in [0.1, 0.15) is 27.5 Å². The van der Waals surface area contributed by atoms with Crippen LogP contribution in [-0.4, -0.2) is 18.4 Å². The predicted octanol–water partition coefficient (Wildman–Crippen LogP) is 2.10. The monoisotopic (exact) mass is 438 g/mol. The molecule has 6 heteroatoms. The van der Waals surface area contributed by atoms with E-state index in [1.54, 1.807) is 29.6 Å². The summed E-state index contributed by atoms with van der Waals surface area (Å²) in [6.45, 7) is -0.196. The maximum atomic E-state index is 12.6. The number of nitrogens with two attached hydrogens (primary N) is 1. The summed E-state index contributed by atoms with van der Waals surface area (Å²) in [5.41, 5.74) is 2.90. The van der Waals surface area contributed by atoms with E-state index in [1.165, 1.54) is 0 Å². The number of nitrogens with one attached hydrogen (secondary N) is 1. The molecular formula is C22H19BrN2O3. The first-order valence-corrected chi connectivity index (χ1v) is 9.58. The molecule has 3 aromatic rings. The highest BCUT2D eigenvalue weighted by atomic mass is 79.9. The number of anilines is 1. The van der Waals surface area contributed by atoms with Gasteiger partial charge in [-0.05, 0) is 30.3 Å². The lowest BCUT2D eigenvalue weighted by Crippen LogP contribution is -2.88. The van der Waals surface area contributed by atoms with Crippen LogP contribution in [0.3, 0.4) is 0 Å². The molecule has 0 aliphatic rings. The number of hydrogen-bond donors (Lipinski definition) is 2. The topological polar surface area (TPSA) is 85.8 Å². The minimum atomic E-state index is -1.15. The Morgan fingerprint density at radius 1 is 0.964 bits per heavy atom. The van der Waals surface area contributed by atoms with Crippen LogP contribution in [0.5, 0.6) is 0 Å². The zero-order valence-corrected chi connectivity index (χ0v) is 16.6. The third kappa shape index (κ3) is 5.06. The first-order chi connectivity index (χ1) is 13.5. The van der Waals surface area contributed by atoms with E-state index in [0.29, 0.717) is 11.3 Å². The second kappa shape index (κ2) is 9.30. The fraction of sp³-hybridized carbons (Fsp3) is 0.0909. The minimum Gasteiger partial charge on any atom is -0.544 e. The van der Waals surface area contributed by atoms with Crippen molar-refractivity contribution in [2.45, 2.75) is 6.04 Å². The van der Waals surface area contributed by atoms with Gasteiger partial charge >= 0.3 is 0 Å². The van der Waals surface area contributed by atoms with Crippen LogP contribution in [0.2, 0.25) is 0 Å². The van der Waals surface area contributed by atoms with E-state index in [0.717, 1.165) is 15.6 Å². The molecule has 0 unspecified atom stereocenters. The van der Waals surface area contributed by atoms with Crippen molar-refractivity contribution in [1.82, 2.24) is 0 Å². The molecule has 5 nitrogen and oxygen atoms in total. The summed E-state index contributed by atoms with van der Waals surface area (Å²) >= 11 is 3.47. The number of benzene rings is 3. The van der Waals surface area contributed by atoms with Crippen LogP contribution in [0, 0.1) is 0 Å². The molecule has 0 bridgehead atoms. The molecule has 0 aromatic heterocycles. The fourth-order valence-electron chi connectivity index (χ4n) is 3.01. The maximum absolute atomic E-state index is 12.6. The van der Waals surface area contributed by atoms with Gasteiger partial charge in [-0.3, -0.25) is 4.79 Å². The highest BCUT2D eigenvalue weighted by Crippen LogP contribution is 2.29. The van der Waals surface area contributed by atoms with Crippen LogP contribution < -0.4 is 15.7 Å². The van der Waals surface area contributed by atoms with Crippen LogP contribution in [0.25, 0.3) is 0 Å². The second-order valence-electron chi connectivity index (χ2n) is 6.25. The molecule has 0 saturated carbocycles. The predicted molar refractivity (Wildman–Crippen MR) is 109 cm³/mol. The molecule has 0 fully saturated rings. The van der Waals surface area contributed by atoms with Gasteiger partial charge in [-0.15, -0.1) is 0 Å². The summed E-state index contributed by atoms with van der Waals surface area (Å²) in [7, 11) is 0.